The van der Waals surface area contributed by atoms with Crippen LogP contribution in [0.2, 0.25) is 0 Å². The first-order valence-corrected chi connectivity index (χ1v) is 9.59. The van der Waals surface area contributed by atoms with Gasteiger partial charge in [0.15, 0.2) is 6.29 Å². The van der Waals surface area contributed by atoms with Gasteiger partial charge in [-0.2, -0.15) is 0 Å². The Morgan fingerprint density at radius 2 is 1.71 bits per heavy atom. The number of thiol groups is 1. The molecule has 1 fully saturated rings. The minimum atomic E-state index is -0.623. The highest BCUT2D eigenvalue weighted by Gasteiger charge is 2.27. The molecule has 1 N–H and O–H groups in total. The van der Waals surface area contributed by atoms with Gasteiger partial charge in [0.05, 0.1) is 6.10 Å². The molecule has 0 bridgehead atoms. The number of rotatable bonds is 4. The fourth-order valence-corrected chi connectivity index (χ4v) is 2.56. The molecule has 24 heavy (non-hydrogen) atoms. The van der Waals surface area contributed by atoms with Crippen molar-refractivity contribution in [2.24, 2.45) is 11.8 Å². The Hall–Kier alpha value is -0.550. The van der Waals surface area contributed by atoms with E-state index < -0.39 is 6.29 Å². The smallest absolute Gasteiger partial charge is 0.157 e. The van der Waals surface area contributed by atoms with Crippen molar-refractivity contribution in [2.75, 3.05) is 6.54 Å². The van der Waals surface area contributed by atoms with Crippen LogP contribution in [-0.2, 0) is 11.3 Å². The van der Waals surface area contributed by atoms with Crippen molar-refractivity contribution in [3.63, 3.8) is 0 Å². The van der Waals surface area contributed by atoms with E-state index in [9.17, 15) is 5.11 Å². The molecule has 3 nitrogen and oxygen atoms in total. The Morgan fingerprint density at radius 1 is 1.17 bits per heavy atom. The molecule has 0 spiro atoms. The molecule has 1 aliphatic heterocycles. The first-order valence-electron chi connectivity index (χ1n) is 9.19. The Labute approximate surface area is 155 Å². The van der Waals surface area contributed by atoms with Crippen LogP contribution in [0.4, 0.5) is 0 Å². The quantitative estimate of drug-likeness (QED) is 0.732. The molecule has 0 radical (unpaired) electrons. The van der Waals surface area contributed by atoms with Crippen molar-refractivity contribution in [3.8, 4) is 0 Å². The van der Waals surface area contributed by atoms with E-state index in [4.69, 9.17) is 4.74 Å². The summed E-state index contributed by atoms with van der Waals surface area (Å²) in [7, 11) is 0. The minimum absolute atomic E-state index is 0.0809. The second-order valence-corrected chi connectivity index (χ2v) is 7.33. The van der Waals surface area contributed by atoms with Crippen LogP contribution >= 0.6 is 12.8 Å². The second kappa shape index (κ2) is 13.7. The molecule has 4 heteroatoms. The normalized spacial score (nSPS) is 23.2. The largest absolute Gasteiger partial charge is 0.368 e. The lowest BCUT2D eigenvalue weighted by atomic mass is 9.99. The lowest BCUT2D eigenvalue weighted by Crippen LogP contribution is -2.38. The SMILES string of the molecule is CC.CC(C)C.CC1CCC(CN(S)Cc2ccccc2)OC1O. The highest BCUT2D eigenvalue weighted by Crippen LogP contribution is 2.24. The van der Waals surface area contributed by atoms with E-state index in [2.05, 4.69) is 45.7 Å². The summed E-state index contributed by atoms with van der Waals surface area (Å²) in [6, 6.07) is 10.2. The highest BCUT2D eigenvalue weighted by atomic mass is 32.1. The van der Waals surface area contributed by atoms with Gasteiger partial charge in [0, 0.05) is 19.0 Å². The molecule has 1 aliphatic rings. The number of ether oxygens (including phenoxy) is 1. The van der Waals surface area contributed by atoms with Crippen LogP contribution in [0.25, 0.3) is 0 Å². The molecule has 140 valence electrons. The topological polar surface area (TPSA) is 32.7 Å². The number of aliphatic hydroxyl groups excluding tert-OH is 1. The summed E-state index contributed by atoms with van der Waals surface area (Å²) in [5.41, 5.74) is 1.23. The summed E-state index contributed by atoms with van der Waals surface area (Å²) >= 11 is 4.48. The Kier molecular flexibility index (Phi) is 13.4. The maximum Gasteiger partial charge on any atom is 0.157 e. The van der Waals surface area contributed by atoms with Crippen molar-refractivity contribution in [1.29, 1.82) is 0 Å². The average Bonchev–Trinajstić information content (AvgIpc) is 2.53. The molecule has 0 aliphatic carbocycles. The van der Waals surface area contributed by atoms with Crippen LogP contribution < -0.4 is 0 Å². The molecular weight excluding hydrogens is 318 g/mol. The monoisotopic (exact) mass is 355 g/mol. The number of aliphatic hydroxyl groups is 1. The van der Waals surface area contributed by atoms with Gasteiger partial charge < -0.3 is 9.84 Å². The molecule has 3 atom stereocenters. The standard InChI is InChI=1S/C14H21NO2S.C4H10.C2H6/c1-11-7-8-13(17-14(11)16)10-15(18)9-12-5-3-2-4-6-12;1-4(2)3;1-2/h2-6,11,13-14,16,18H,7-10H2,1H3;4H,1-3H3;1-2H3. The summed E-state index contributed by atoms with van der Waals surface area (Å²) in [6.07, 6.45) is 1.46. The molecule has 1 saturated heterocycles. The maximum absolute atomic E-state index is 9.69. The Balaban J connectivity index is 0.000000773. The molecule has 1 heterocycles. The van der Waals surface area contributed by atoms with Gasteiger partial charge in [0.1, 0.15) is 0 Å². The Bertz CT molecular complexity index is 397. The molecule has 0 aromatic heterocycles. The summed E-state index contributed by atoms with van der Waals surface area (Å²) in [6.45, 7) is 14.0. The summed E-state index contributed by atoms with van der Waals surface area (Å²) < 4.78 is 7.52. The highest BCUT2D eigenvalue weighted by molar-refractivity contribution is 7.77. The number of hydrogen-bond donors (Lipinski definition) is 2. The van der Waals surface area contributed by atoms with Gasteiger partial charge in [-0.05, 0) is 24.3 Å². The molecule has 2 rings (SSSR count). The average molecular weight is 356 g/mol. The van der Waals surface area contributed by atoms with Gasteiger partial charge in [-0.25, -0.2) is 4.31 Å². The van der Waals surface area contributed by atoms with Crippen LogP contribution in [0.3, 0.4) is 0 Å². The van der Waals surface area contributed by atoms with E-state index in [0.717, 1.165) is 31.8 Å². The van der Waals surface area contributed by atoms with E-state index in [1.165, 1.54) is 5.56 Å². The zero-order valence-electron chi connectivity index (χ0n) is 16.3. The third kappa shape index (κ3) is 11.1. The lowest BCUT2D eigenvalue weighted by Gasteiger charge is -2.33. The zero-order chi connectivity index (χ0) is 18.5. The molecule has 1 aromatic rings. The number of nitrogens with zero attached hydrogens (tertiary/aromatic N) is 1. The molecule has 0 saturated carbocycles. The van der Waals surface area contributed by atoms with Crippen molar-refractivity contribution in [3.05, 3.63) is 35.9 Å². The van der Waals surface area contributed by atoms with E-state index in [-0.39, 0.29) is 12.0 Å². The van der Waals surface area contributed by atoms with Crippen molar-refractivity contribution >= 4 is 12.8 Å². The van der Waals surface area contributed by atoms with Crippen molar-refractivity contribution in [1.82, 2.24) is 4.31 Å². The van der Waals surface area contributed by atoms with Crippen LogP contribution in [0, 0.1) is 11.8 Å². The summed E-state index contributed by atoms with van der Waals surface area (Å²) in [5.74, 6) is 1.07. The van der Waals surface area contributed by atoms with Gasteiger partial charge in [-0.3, -0.25) is 0 Å². The van der Waals surface area contributed by atoms with E-state index in [0.29, 0.717) is 0 Å². The van der Waals surface area contributed by atoms with Crippen LogP contribution in [0.15, 0.2) is 30.3 Å². The molecule has 3 unspecified atom stereocenters. The van der Waals surface area contributed by atoms with Gasteiger partial charge in [-0.1, -0.05) is 84.7 Å². The van der Waals surface area contributed by atoms with E-state index in [1.807, 2.05) is 43.3 Å². The first kappa shape index (κ1) is 23.4. The van der Waals surface area contributed by atoms with Gasteiger partial charge >= 0.3 is 0 Å². The second-order valence-electron chi connectivity index (χ2n) is 6.77. The number of benzene rings is 1. The minimum Gasteiger partial charge on any atom is -0.368 e. The van der Waals surface area contributed by atoms with Crippen molar-refractivity contribution < 1.29 is 9.84 Å². The van der Waals surface area contributed by atoms with E-state index >= 15 is 0 Å². The summed E-state index contributed by atoms with van der Waals surface area (Å²) in [5, 5.41) is 9.69. The molecular formula is C20H37NO2S. The fraction of sp³-hybridized carbons (Fsp3) is 0.700. The number of hydrogen-bond acceptors (Lipinski definition) is 4. The van der Waals surface area contributed by atoms with Crippen molar-refractivity contribution in [2.45, 2.75) is 73.3 Å². The van der Waals surface area contributed by atoms with E-state index in [1.54, 1.807) is 0 Å². The third-order valence-electron chi connectivity index (χ3n) is 3.38. The molecule has 1 aromatic carbocycles. The predicted molar refractivity (Wildman–Crippen MR) is 107 cm³/mol. The predicted octanol–water partition coefficient (Wildman–Crippen LogP) is 5.16. The van der Waals surface area contributed by atoms with Gasteiger partial charge in [-0.15, -0.1) is 0 Å². The van der Waals surface area contributed by atoms with Gasteiger partial charge in [0.2, 0.25) is 0 Å². The Morgan fingerprint density at radius 3 is 2.21 bits per heavy atom. The van der Waals surface area contributed by atoms with Crippen LogP contribution in [-0.4, -0.2) is 28.4 Å². The third-order valence-corrected chi connectivity index (χ3v) is 3.69. The lowest BCUT2D eigenvalue weighted by molar-refractivity contribution is -0.190. The maximum atomic E-state index is 9.69. The summed E-state index contributed by atoms with van der Waals surface area (Å²) in [4.78, 5) is 0. The molecule has 0 amide bonds. The fourth-order valence-electron chi connectivity index (χ4n) is 2.22. The van der Waals surface area contributed by atoms with Crippen LogP contribution in [0.1, 0.15) is 59.9 Å². The van der Waals surface area contributed by atoms with Gasteiger partial charge in [0.25, 0.3) is 0 Å². The first-order chi connectivity index (χ1) is 11.4. The van der Waals surface area contributed by atoms with Crippen LogP contribution in [0.5, 0.6) is 0 Å². The zero-order valence-corrected chi connectivity index (χ0v) is 17.2.